The molecule has 0 unspecified atom stereocenters. The molecule has 0 aliphatic rings. The molecule has 0 saturated carbocycles. The van der Waals surface area contributed by atoms with Gasteiger partial charge in [0.15, 0.2) is 11.5 Å². The molecule has 0 heterocycles. The predicted molar refractivity (Wildman–Crippen MR) is 120 cm³/mol. The molecular formula is C25H22N2O4. The molecule has 156 valence electrons. The first kappa shape index (κ1) is 21.5. The highest BCUT2D eigenvalue weighted by Crippen LogP contribution is 2.27. The molecule has 0 aliphatic carbocycles. The molecular weight excluding hydrogens is 392 g/mol. The Labute approximate surface area is 180 Å². The first-order valence-corrected chi connectivity index (χ1v) is 9.58. The minimum absolute atomic E-state index is 0.283. The number of ether oxygens (including phenoxy) is 2. The molecule has 0 bridgehead atoms. The van der Waals surface area contributed by atoms with Gasteiger partial charge in [-0.25, -0.2) is 10.2 Å². The quantitative estimate of drug-likeness (QED) is 0.205. The molecule has 1 N–H and O–H groups in total. The van der Waals surface area contributed by atoms with Crippen molar-refractivity contribution < 1.29 is 19.1 Å². The van der Waals surface area contributed by atoms with Crippen LogP contribution in [-0.4, -0.2) is 25.2 Å². The number of carbonyl (C=O) groups is 2. The van der Waals surface area contributed by atoms with Gasteiger partial charge in [-0.3, -0.25) is 4.79 Å². The lowest BCUT2D eigenvalue weighted by Crippen LogP contribution is -2.17. The Bertz CT molecular complexity index is 1120. The summed E-state index contributed by atoms with van der Waals surface area (Å²) in [5.74, 6) is -0.168. The van der Waals surface area contributed by atoms with Gasteiger partial charge in [-0.1, -0.05) is 48.0 Å². The van der Waals surface area contributed by atoms with E-state index in [0.717, 1.165) is 11.1 Å². The maximum atomic E-state index is 12.1. The highest BCUT2D eigenvalue weighted by atomic mass is 16.6. The number of nitrogens with zero attached hydrogens (tertiary/aromatic N) is 1. The van der Waals surface area contributed by atoms with Crippen LogP contribution in [0.4, 0.5) is 0 Å². The second-order valence-corrected chi connectivity index (χ2v) is 6.64. The average Bonchev–Trinajstić information content (AvgIpc) is 2.79. The van der Waals surface area contributed by atoms with Crippen molar-refractivity contribution in [2.75, 3.05) is 7.11 Å². The van der Waals surface area contributed by atoms with Gasteiger partial charge in [-0.2, -0.15) is 5.10 Å². The van der Waals surface area contributed by atoms with Gasteiger partial charge >= 0.3 is 5.97 Å². The second kappa shape index (κ2) is 10.5. The summed E-state index contributed by atoms with van der Waals surface area (Å²) in [5, 5.41) is 3.98. The number of benzene rings is 3. The van der Waals surface area contributed by atoms with Crippen molar-refractivity contribution in [1.82, 2.24) is 5.43 Å². The fraction of sp³-hybridized carbons (Fsp3) is 0.0800. The van der Waals surface area contributed by atoms with Crippen molar-refractivity contribution in [2.24, 2.45) is 5.10 Å². The van der Waals surface area contributed by atoms with Crippen LogP contribution in [0.5, 0.6) is 11.5 Å². The Hall–Kier alpha value is -4.19. The van der Waals surface area contributed by atoms with Gasteiger partial charge in [-0.05, 0) is 54.5 Å². The average molecular weight is 414 g/mol. The lowest BCUT2D eigenvalue weighted by molar-refractivity contribution is -0.129. The second-order valence-electron chi connectivity index (χ2n) is 6.64. The van der Waals surface area contributed by atoms with Crippen LogP contribution in [0.2, 0.25) is 0 Å². The van der Waals surface area contributed by atoms with Gasteiger partial charge in [0.1, 0.15) is 0 Å². The number of carbonyl (C=O) groups excluding carboxylic acids is 2. The summed E-state index contributed by atoms with van der Waals surface area (Å²) in [7, 11) is 1.48. The summed E-state index contributed by atoms with van der Waals surface area (Å²) >= 11 is 0. The van der Waals surface area contributed by atoms with Crippen molar-refractivity contribution in [3.8, 4) is 11.5 Å². The number of hydrogen-bond acceptors (Lipinski definition) is 5. The van der Waals surface area contributed by atoms with Gasteiger partial charge in [0, 0.05) is 11.6 Å². The summed E-state index contributed by atoms with van der Waals surface area (Å²) in [5.41, 5.74) is 5.57. The van der Waals surface area contributed by atoms with Gasteiger partial charge in [0.25, 0.3) is 5.91 Å². The third kappa shape index (κ3) is 6.40. The molecule has 0 spiro atoms. The largest absolute Gasteiger partial charge is 0.493 e. The topological polar surface area (TPSA) is 77.0 Å². The minimum atomic E-state index is -0.519. The van der Waals surface area contributed by atoms with E-state index in [1.807, 2.05) is 49.4 Å². The first-order valence-electron chi connectivity index (χ1n) is 9.58. The number of nitrogens with one attached hydrogen (secondary N) is 1. The number of aryl methyl sites for hydroxylation is 1. The number of esters is 1. The Morgan fingerprint density at radius 2 is 1.71 bits per heavy atom. The number of hydrogen-bond donors (Lipinski definition) is 1. The van der Waals surface area contributed by atoms with Crippen molar-refractivity contribution in [3.05, 3.63) is 101 Å². The molecule has 0 saturated heterocycles. The van der Waals surface area contributed by atoms with Crippen molar-refractivity contribution >= 4 is 24.2 Å². The zero-order valence-electron chi connectivity index (χ0n) is 17.2. The molecule has 0 fully saturated rings. The summed E-state index contributed by atoms with van der Waals surface area (Å²) in [6.45, 7) is 1.91. The van der Waals surface area contributed by atoms with Crippen molar-refractivity contribution in [1.29, 1.82) is 0 Å². The normalized spacial score (nSPS) is 10.9. The van der Waals surface area contributed by atoms with Crippen LogP contribution >= 0.6 is 0 Å². The minimum Gasteiger partial charge on any atom is -0.493 e. The van der Waals surface area contributed by atoms with Crippen LogP contribution in [0, 0.1) is 6.92 Å². The van der Waals surface area contributed by atoms with E-state index in [0.29, 0.717) is 16.9 Å². The molecule has 0 atom stereocenters. The zero-order valence-corrected chi connectivity index (χ0v) is 17.2. The van der Waals surface area contributed by atoms with Gasteiger partial charge in [0.05, 0.1) is 13.3 Å². The lowest BCUT2D eigenvalue weighted by Gasteiger charge is -2.08. The lowest BCUT2D eigenvalue weighted by atomic mass is 10.1. The van der Waals surface area contributed by atoms with Gasteiger partial charge in [-0.15, -0.1) is 0 Å². The molecule has 6 nitrogen and oxygen atoms in total. The summed E-state index contributed by atoms with van der Waals surface area (Å²) in [6, 6.07) is 21.6. The molecule has 0 aromatic heterocycles. The highest BCUT2D eigenvalue weighted by molar-refractivity contribution is 5.95. The predicted octanol–water partition coefficient (Wildman–Crippen LogP) is 4.39. The monoisotopic (exact) mass is 414 g/mol. The van der Waals surface area contributed by atoms with Crippen molar-refractivity contribution in [3.63, 3.8) is 0 Å². The van der Waals surface area contributed by atoms with Crippen LogP contribution in [0.25, 0.3) is 6.08 Å². The van der Waals surface area contributed by atoms with E-state index in [4.69, 9.17) is 9.47 Å². The molecule has 3 rings (SSSR count). The molecule has 3 aromatic rings. The third-order valence-electron chi connectivity index (χ3n) is 4.27. The van der Waals surface area contributed by atoms with E-state index in [2.05, 4.69) is 10.5 Å². The number of methoxy groups -OCH3 is 1. The third-order valence-corrected chi connectivity index (χ3v) is 4.27. The fourth-order valence-electron chi connectivity index (χ4n) is 2.74. The zero-order chi connectivity index (χ0) is 22.1. The molecule has 1 amide bonds. The highest BCUT2D eigenvalue weighted by Gasteiger charge is 2.09. The Balaban J connectivity index is 1.62. The van der Waals surface area contributed by atoms with Crippen LogP contribution < -0.4 is 14.9 Å². The molecule has 31 heavy (non-hydrogen) atoms. The molecule has 3 aromatic carbocycles. The number of rotatable bonds is 7. The van der Waals surface area contributed by atoms with E-state index in [-0.39, 0.29) is 11.7 Å². The maximum absolute atomic E-state index is 12.1. The van der Waals surface area contributed by atoms with Crippen molar-refractivity contribution in [2.45, 2.75) is 6.92 Å². The SMILES string of the molecule is COc1cc(/C=N/NC(=O)c2cccc(C)c2)ccc1OC(=O)/C=C/c1ccccc1. The summed E-state index contributed by atoms with van der Waals surface area (Å²) < 4.78 is 10.7. The fourth-order valence-corrected chi connectivity index (χ4v) is 2.74. The van der Waals surface area contributed by atoms with Gasteiger partial charge in [0.2, 0.25) is 0 Å². The number of hydrazone groups is 1. The molecule has 0 radical (unpaired) electrons. The number of amides is 1. The molecule has 6 heteroatoms. The van der Waals surface area contributed by atoms with E-state index in [9.17, 15) is 9.59 Å². The Kier molecular flexibility index (Phi) is 7.32. The first-order chi connectivity index (χ1) is 15.0. The summed E-state index contributed by atoms with van der Waals surface area (Å²) in [4.78, 5) is 24.2. The van der Waals surface area contributed by atoms with Crippen LogP contribution in [0.1, 0.15) is 27.0 Å². The Morgan fingerprint density at radius 1 is 0.903 bits per heavy atom. The smallest absolute Gasteiger partial charge is 0.336 e. The van der Waals surface area contributed by atoms with Gasteiger partial charge < -0.3 is 9.47 Å². The maximum Gasteiger partial charge on any atom is 0.336 e. The van der Waals surface area contributed by atoms with Crippen LogP contribution in [0.15, 0.2) is 84.0 Å². The van der Waals surface area contributed by atoms with E-state index in [1.54, 1.807) is 36.4 Å². The van der Waals surface area contributed by atoms with Crippen LogP contribution in [-0.2, 0) is 4.79 Å². The molecule has 0 aliphatic heterocycles. The standard InChI is InChI=1S/C25H22N2O4/c1-18-7-6-10-21(15-18)25(29)27-26-17-20-11-13-22(23(16-20)30-2)31-24(28)14-12-19-8-4-3-5-9-19/h3-17H,1-2H3,(H,27,29)/b14-12+,26-17+. The van der Waals surface area contributed by atoms with E-state index < -0.39 is 5.97 Å². The summed E-state index contributed by atoms with van der Waals surface area (Å²) in [6.07, 6.45) is 4.51. The van der Waals surface area contributed by atoms with Crippen LogP contribution in [0.3, 0.4) is 0 Å². The van der Waals surface area contributed by atoms with E-state index >= 15 is 0 Å². The Morgan fingerprint density at radius 3 is 2.45 bits per heavy atom. The van der Waals surface area contributed by atoms with E-state index in [1.165, 1.54) is 19.4 Å².